The van der Waals surface area contributed by atoms with E-state index in [2.05, 4.69) is 67.0 Å². The van der Waals surface area contributed by atoms with Crippen LogP contribution in [0, 0.1) is 0 Å². The Morgan fingerprint density at radius 3 is 1.57 bits per heavy atom. The zero-order valence-electron chi connectivity index (χ0n) is 33.6. The quantitative estimate of drug-likeness (QED) is 0.0235. The van der Waals surface area contributed by atoms with E-state index in [0.29, 0.717) is 12.8 Å². The molecule has 0 heterocycles. The third-order valence-electron chi connectivity index (χ3n) is 8.55. The van der Waals surface area contributed by atoms with Gasteiger partial charge in [0.1, 0.15) is 12.6 Å². The number of phosphoric acid groups is 1. The number of phosphoric ester groups is 1. The van der Waals surface area contributed by atoms with Crippen LogP contribution in [0.25, 0.3) is 0 Å². The van der Waals surface area contributed by atoms with Crippen LogP contribution in [-0.4, -0.2) is 59.9 Å². The fourth-order valence-corrected chi connectivity index (χ4v) is 6.01. The summed E-state index contributed by atoms with van der Waals surface area (Å²) in [4.78, 5) is 45.8. The lowest BCUT2D eigenvalue weighted by Crippen LogP contribution is -2.34. The Hall–Kier alpha value is -2.56. The lowest BCUT2D eigenvalue weighted by Gasteiger charge is -2.20. The normalized spacial score (nSPS) is 14.3. The molecule has 4 N–H and O–H groups in total. The molecule has 0 rings (SSSR count). The molecule has 3 atom stereocenters. The number of carbonyl (C=O) groups excluding carboxylic acids is 2. The van der Waals surface area contributed by atoms with Crippen LogP contribution in [0.1, 0.15) is 168 Å². The van der Waals surface area contributed by atoms with Gasteiger partial charge in [-0.1, -0.05) is 133 Å². The third kappa shape index (κ3) is 36.4. The molecular formula is C42H74NO10P. The molecule has 0 radical (unpaired) electrons. The van der Waals surface area contributed by atoms with E-state index in [-0.39, 0.29) is 19.4 Å². The van der Waals surface area contributed by atoms with Crippen molar-refractivity contribution in [3.8, 4) is 0 Å². The second-order valence-electron chi connectivity index (χ2n) is 13.8. The summed E-state index contributed by atoms with van der Waals surface area (Å²) in [6.45, 7) is 2.69. The zero-order valence-corrected chi connectivity index (χ0v) is 34.4. The van der Waals surface area contributed by atoms with Gasteiger partial charge in [-0.2, -0.15) is 0 Å². The Kier molecular flexibility index (Phi) is 35.6. The average molecular weight is 784 g/mol. The Bertz CT molecular complexity index is 1110. The van der Waals surface area contributed by atoms with Gasteiger partial charge in [0.25, 0.3) is 0 Å². The summed E-state index contributed by atoms with van der Waals surface area (Å²) in [7, 11) is -4.72. The molecule has 0 aromatic carbocycles. The lowest BCUT2D eigenvalue weighted by atomic mass is 10.1. The number of unbranched alkanes of at least 4 members (excludes halogenated alkanes) is 16. The first kappa shape index (κ1) is 51.4. The predicted octanol–water partition coefficient (Wildman–Crippen LogP) is 10.6. The van der Waals surface area contributed by atoms with Gasteiger partial charge in [-0.15, -0.1) is 0 Å². The first-order chi connectivity index (χ1) is 26.1. The van der Waals surface area contributed by atoms with E-state index in [4.69, 9.17) is 24.8 Å². The summed E-state index contributed by atoms with van der Waals surface area (Å²) in [5, 5.41) is 8.87. The molecule has 0 saturated heterocycles. The molecule has 0 fully saturated rings. The summed E-state index contributed by atoms with van der Waals surface area (Å²) < 4.78 is 32.6. The molecule has 0 saturated carbocycles. The number of hydrogen-bond donors (Lipinski definition) is 3. The van der Waals surface area contributed by atoms with Crippen LogP contribution in [0.4, 0.5) is 0 Å². The highest BCUT2D eigenvalue weighted by atomic mass is 31.2. The molecule has 12 heteroatoms. The first-order valence-electron chi connectivity index (χ1n) is 20.7. The molecular weight excluding hydrogens is 709 g/mol. The molecule has 0 bridgehead atoms. The van der Waals surface area contributed by atoms with Crippen LogP contribution in [0.2, 0.25) is 0 Å². The van der Waals surface area contributed by atoms with Gasteiger partial charge in [-0.3, -0.25) is 23.4 Å². The fraction of sp³-hybridized carbons (Fsp3) is 0.738. The second-order valence-corrected chi connectivity index (χ2v) is 15.2. The fourth-order valence-electron chi connectivity index (χ4n) is 5.23. The van der Waals surface area contributed by atoms with Gasteiger partial charge in [0.15, 0.2) is 6.10 Å². The molecule has 0 amide bonds. The van der Waals surface area contributed by atoms with Crippen molar-refractivity contribution in [2.45, 2.75) is 180 Å². The molecule has 11 nitrogen and oxygen atoms in total. The summed E-state index contributed by atoms with van der Waals surface area (Å²) in [5.41, 5.74) is 5.32. The maximum absolute atomic E-state index is 12.6. The predicted molar refractivity (Wildman–Crippen MR) is 217 cm³/mol. The van der Waals surface area contributed by atoms with E-state index in [9.17, 15) is 23.8 Å². The van der Waals surface area contributed by atoms with Crippen LogP contribution < -0.4 is 5.73 Å². The summed E-state index contributed by atoms with van der Waals surface area (Å²) >= 11 is 0. The summed E-state index contributed by atoms with van der Waals surface area (Å²) in [6.07, 6.45) is 40.3. The Labute approximate surface area is 326 Å². The molecule has 0 aliphatic rings. The highest BCUT2D eigenvalue weighted by molar-refractivity contribution is 7.47. The zero-order chi connectivity index (χ0) is 40.0. The molecule has 312 valence electrons. The minimum Gasteiger partial charge on any atom is -0.480 e. The highest BCUT2D eigenvalue weighted by Crippen LogP contribution is 2.43. The maximum atomic E-state index is 12.6. The number of allylic oxidation sites excluding steroid dienone is 8. The maximum Gasteiger partial charge on any atom is 0.472 e. The van der Waals surface area contributed by atoms with E-state index in [1.54, 1.807) is 0 Å². The van der Waals surface area contributed by atoms with Gasteiger partial charge in [-0.25, -0.2) is 4.57 Å². The molecule has 0 aromatic rings. The lowest BCUT2D eigenvalue weighted by molar-refractivity contribution is -0.161. The van der Waals surface area contributed by atoms with E-state index in [0.717, 1.165) is 51.4 Å². The van der Waals surface area contributed by atoms with Gasteiger partial charge in [0.05, 0.1) is 13.2 Å². The van der Waals surface area contributed by atoms with Gasteiger partial charge in [-0.05, 0) is 70.6 Å². The molecule has 0 aromatic heterocycles. The number of carboxylic acid groups (broad SMARTS) is 1. The first-order valence-corrected chi connectivity index (χ1v) is 22.2. The minimum atomic E-state index is -4.72. The van der Waals surface area contributed by atoms with Crippen molar-refractivity contribution in [3.05, 3.63) is 48.6 Å². The summed E-state index contributed by atoms with van der Waals surface area (Å²) in [6, 6.07) is -1.53. The van der Waals surface area contributed by atoms with Crippen molar-refractivity contribution in [2.75, 3.05) is 19.8 Å². The van der Waals surface area contributed by atoms with Crippen LogP contribution in [-0.2, 0) is 37.5 Å². The average Bonchev–Trinajstić information content (AvgIpc) is 3.14. The van der Waals surface area contributed by atoms with Crippen molar-refractivity contribution in [1.82, 2.24) is 0 Å². The van der Waals surface area contributed by atoms with Gasteiger partial charge < -0.3 is 25.2 Å². The number of nitrogens with two attached hydrogens (primary N) is 1. The van der Waals surface area contributed by atoms with E-state index < -0.39 is 51.1 Å². The van der Waals surface area contributed by atoms with Crippen LogP contribution in [0.3, 0.4) is 0 Å². The SMILES string of the molecule is CCCC/C=C/CCCCCCCCCCCC(=O)OC[C@H](COP(=O)(O)OC[C@H](N)C(=O)O)OC(=O)CCCC/C=C/C/C=C/C/C=C/CCCCC. The van der Waals surface area contributed by atoms with Crippen LogP contribution in [0.15, 0.2) is 48.6 Å². The van der Waals surface area contributed by atoms with Gasteiger partial charge in [0.2, 0.25) is 0 Å². The van der Waals surface area contributed by atoms with Gasteiger partial charge in [0, 0.05) is 12.8 Å². The van der Waals surface area contributed by atoms with Crippen molar-refractivity contribution < 1.29 is 47.5 Å². The molecule has 1 unspecified atom stereocenters. The molecule has 0 aliphatic heterocycles. The second kappa shape index (κ2) is 37.4. The van der Waals surface area contributed by atoms with Crippen LogP contribution >= 0.6 is 7.82 Å². The number of carboxylic acids is 1. The van der Waals surface area contributed by atoms with Crippen LogP contribution in [0.5, 0.6) is 0 Å². The molecule has 0 spiro atoms. The van der Waals surface area contributed by atoms with Crippen molar-refractivity contribution in [2.24, 2.45) is 5.73 Å². The number of carbonyl (C=O) groups is 3. The number of rotatable bonds is 38. The Morgan fingerprint density at radius 1 is 0.574 bits per heavy atom. The summed E-state index contributed by atoms with van der Waals surface area (Å²) in [5.74, 6) is -2.43. The van der Waals surface area contributed by atoms with Gasteiger partial charge >= 0.3 is 25.7 Å². The highest BCUT2D eigenvalue weighted by Gasteiger charge is 2.28. The third-order valence-corrected chi connectivity index (χ3v) is 9.50. The standard InChI is InChI=1S/C42H74NO10P/c1-3-5-7-9-11-13-15-17-19-21-23-25-27-29-31-33-40(44)50-35-38(36-51-54(48,49)52-37-39(43)42(46)47)53-41(45)34-32-30-28-26-24-22-20-18-16-14-12-10-8-6-4-2/h9,11-12,14,18,20,24,26,38-39H,3-8,10,13,15-17,19,21-23,25,27-37,43H2,1-2H3,(H,46,47)(H,48,49)/b11-9+,14-12+,20-18+,26-24+/t38-,39+/m1/s1. The smallest absolute Gasteiger partial charge is 0.472 e. The number of ether oxygens (including phenoxy) is 2. The largest absolute Gasteiger partial charge is 0.480 e. The monoisotopic (exact) mass is 784 g/mol. The Balaban J connectivity index is 4.46. The molecule has 0 aliphatic carbocycles. The number of hydrogen-bond acceptors (Lipinski definition) is 9. The topological polar surface area (TPSA) is 172 Å². The molecule has 54 heavy (non-hydrogen) atoms. The van der Waals surface area contributed by atoms with Crippen molar-refractivity contribution in [3.63, 3.8) is 0 Å². The van der Waals surface area contributed by atoms with E-state index in [1.165, 1.54) is 77.0 Å². The number of aliphatic carboxylic acids is 1. The minimum absolute atomic E-state index is 0.111. The Morgan fingerprint density at radius 2 is 1.00 bits per heavy atom. The van der Waals surface area contributed by atoms with Crippen molar-refractivity contribution >= 4 is 25.7 Å². The van der Waals surface area contributed by atoms with E-state index >= 15 is 0 Å². The number of esters is 2. The van der Waals surface area contributed by atoms with Crippen molar-refractivity contribution in [1.29, 1.82) is 0 Å². The van der Waals surface area contributed by atoms with E-state index in [1.807, 2.05) is 0 Å².